The molecular formula is C24H48O8Sn2. The van der Waals surface area contributed by atoms with Gasteiger partial charge < -0.3 is 0 Å². The molecule has 0 saturated carbocycles. The molecule has 0 aliphatic heterocycles. The maximum absolute atomic E-state index is 11.2. The van der Waals surface area contributed by atoms with Gasteiger partial charge in [-0.3, -0.25) is 0 Å². The summed E-state index contributed by atoms with van der Waals surface area (Å²) in [5.74, 6) is -1.24. The summed E-state index contributed by atoms with van der Waals surface area (Å²) < 4.78 is 25.1. The summed E-state index contributed by atoms with van der Waals surface area (Å²) in [6, 6.07) is 0. The molecule has 0 aliphatic carbocycles. The first-order valence-corrected chi connectivity index (χ1v) is 25.4. The first-order valence-electron chi connectivity index (χ1n) is 12.7. The molecule has 0 aliphatic rings. The van der Waals surface area contributed by atoms with Crippen molar-refractivity contribution < 1.29 is 31.5 Å². The molecule has 0 saturated heterocycles. The Morgan fingerprint density at radius 3 is 0.735 bits per heavy atom. The number of unbranched alkanes of at least 4 members (excludes halogenated alkanes) is 4. The molecule has 0 unspecified atom stereocenters. The fourth-order valence-electron chi connectivity index (χ4n) is 3.53. The van der Waals surface area contributed by atoms with E-state index in [4.69, 9.17) is 12.3 Å². The number of carbonyl (C=O) groups excluding carboxylic acids is 4. The van der Waals surface area contributed by atoms with E-state index in [1.54, 1.807) is 0 Å². The summed E-state index contributed by atoms with van der Waals surface area (Å²) in [5, 5.41) is 0. The van der Waals surface area contributed by atoms with E-state index in [9.17, 15) is 19.2 Å². The van der Waals surface area contributed by atoms with Crippen LogP contribution >= 0.6 is 0 Å². The van der Waals surface area contributed by atoms with Gasteiger partial charge in [-0.15, -0.1) is 0 Å². The molecule has 0 spiro atoms. The second-order valence-corrected chi connectivity index (χ2v) is 27.0. The zero-order chi connectivity index (χ0) is 26.6. The average Bonchev–Trinajstić information content (AvgIpc) is 2.72. The standard InChI is InChI=1S/4C4H9.4C2H4O2.2Sn/c4*1-3-4-2;4*1-2(3)4;;/h4*1,3-4H2,2H3;4*1H3,(H,3,4);;/q;;;;;;;;2*+2/p-4. The fraction of sp³-hybridized carbons (Fsp3) is 0.833. The predicted octanol–water partition coefficient (Wildman–Crippen LogP) is 6.31. The van der Waals surface area contributed by atoms with E-state index < -0.39 is 38.4 Å². The molecule has 0 rings (SSSR count). The summed E-state index contributed by atoms with van der Waals surface area (Å²) in [4.78, 5) is 44.8. The molecule has 0 heterocycles. The van der Waals surface area contributed by atoms with Crippen LogP contribution in [0.25, 0.3) is 0 Å². The van der Waals surface area contributed by atoms with E-state index >= 15 is 0 Å². The molecule has 0 atom stereocenters. The molecule has 0 aromatic rings. The number of hydrogen-bond acceptors (Lipinski definition) is 8. The van der Waals surface area contributed by atoms with Crippen molar-refractivity contribution in [2.75, 3.05) is 0 Å². The van der Waals surface area contributed by atoms with Crippen molar-refractivity contribution in [3.8, 4) is 0 Å². The second-order valence-electron chi connectivity index (χ2n) is 8.61. The Bertz CT molecular complexity index is 506. The Hall–Kier alpha value is -0.523. The molecule has 0 radical (unpaired) electrons. The molecule has 0 aromatic heterocycles. The topological polar surface area (TPSA) is 105 Å². The summed E-state index contributed by atoms with van der Waals surface area (Å²) in [5.41, 5.74) is 0. The van der Waals surface area contributed by atoms with Gasteiger partial charge in [0.15, 0.2) is 0 Å². The van der Waals surface area contributed by atoms with E-state index in [1.165, 1.54) is 27.7 Å². The molecule has 0 bridgehead atoms. The first kappa shape index (κ1) is 35.6. The summed E-state index contributed by atoms with van der Waals surface area (Å²) in [6.45, 7) is 13.9. The number of rotatable bonds is 16. The van der Waals surface area contributed by atoms with Crippen molar-refractivity contribution in [2.45, 2.75) is 125 Å². The minimum atomic E-state index is -3.49. The van der Waals surface area contributed by atoms with E-state index in [0.717, 1.165) is 69.1 Å². The van der Waals surface area contributed by atoms with E-state index in [1.807, 2.05) is 0 Å². The predicted molar refractivity (Wildman–Crippen MR) is 137 cm³/mol. The van der Waals surface area contributed by atoms with Gasteiger partial charge in [0.1, 0.15) is 0 Å². The normalized spacial score (nSPS) is 11.1. The van der Waals surface area contributed by atoms with Crippen molar-refractivity contribution in [1.29, 1.82) is 0 Å². The Morgan fingerprint density at radius 2 is 0.618 bits per heavy atom. The summed E-state index contributed by atoms with van der Waals surface area (Å²) >= 11 is -6.97. The van der Waals surface area contributed by atoms with Gasteiger partial charge in [-0.05, 0) is 0 Å². The number of hydrogen-bond donors (Lipinski definition) is 0. The molecular weight excluding hydrogens is 654 g/mol. The second kappa shape index (κ2) is 20.6. The van der Waals surface area contributed by atoms with Crippen LogP contribution in [0.2, 0.25) is 17.7 Å². The van der Waals surface area contributed by atoms with E-state index in [2.05, 4.69) is 27.7 Å². The monoisotopic (exact) mass is 704 g/mol. The van der Waals surface area contributed by atoms with Gasteiger partial charge in [-0.2, -0.15) is 0 Å². The molecule has 8 nitrogen and oxygen atoms in total. The molecule has 0 aromatic carbocycles. The molecule has 0 amide bonds. The van der Waals surface area contributed by atoms with E-state index in [0.29, 0.717) is 0 Å². The molecule has 34 heavy (non-hydrogen) atoms. The van der Waals surface area contributed by atoms with Gasteiger partial charge in [0.25, 0.3) is 0 Å². The van der Waals surface area contributed by atoms with Crippen molar-refractivity contribution in [3.05, 3.63) is 0 Å². The van der Waals surface area contributed by atoms with Crippen molar-refractivity contribution in [1.82, 2.24) is 0 Å². The maximum atomic E-state index is 11.2. The average molecular weight is 702 g/mol. The van der Waals surface area contributed by atoms with Crippen LogP contribution in [0.3, 0.4) is 0 Å². The van der Waals surface area contributed by atoms with Crippen molar-refractivity contribution in [2.24, 2.45) is 0 Å². The number of carbonyl (C=O) groups is 4. The minimum absolute atomic E-state index is 0.311. The van der Waals surface area contributed by atoms with Gasteiger partial charge >= 0.3 is 218 Å². The fourth-order valence-corrected chi connectivity index (χ4v) is 23.7. The Morgan fingerprint density at radius 1 is 0.441 bits per heavy atom. The van der Waals surface area contributed by atoms with Crippen molar-refractivity contribution >= 4 is 62.3 Å². The summed E-state index contributed by atoms with van der Waals surface area (Å²) in [7, 11) is 0. The zero-order valence-corrected chi connectivity index (χ0v) is 28.5. The van der Waals surface area contributed by atoms with E-state index in [-0.39, 0.29) is 23.9 Å². The molecule has 10 heteroatoms. The van der Waals surface area contributed by atoms with Gasteiger partial charge in [0.2, 0.25) is 0 Å². The van der Waals surface area contributed by atoms with Crippen LogP contribution in [-0.2, 0) is 31.5 Å². The van der Waals surface area contributed by atoms with Crippen LogP contribution in [0.15, 0.2) is 0 Å². The third kappa shape index (κ3) is 18.8. The van der Waals surface area contributed by atoms with Crippen LogP contribution < -0.4 is 0 Å². The Kier molecular flexibility index (Phi) is 21.6. The van der Waals surface area contributed by atoms with Crippen LogP contribution in [0, 0.1) is 0 Å². The first-order chi connectivity index (χ1) is 15.9. The van der Waals surface area contributed by atoms with Crippen LogP contribution in [-0.4, -0.2) is 62.3 Å². The van der Waals surface area contributed by atoms with Crippen molar-refractivity contribution in [3.63, 3.8) is 0 Å². The SMILES string of the molecule is CCC[CH2][Sn]([CH2]CCC)([O]C(C)=O)[O]C(C)=O.CCC[CH2][Sn]([CH2]CCC)([O]C(C)=O)[O]C(C)=O. The van der Waals surface area contributed by atoms with Gasteiger partial charge in [-0.25, -0.2) is 0 Å². The summed E-state index contributed by atoms with van der Waals surface area (Å²) in [6.07, 6.45) is 7.92. The van der Waals surface area contributed by atoms with Crippen LogP contribution in [0.5, 0.6) is 0 Å². The Balaban J connectivity index is 0. The molecule has 0 N–H and O–H groups in total. The van der Waals surface area contributed by atoms with Gasteiger partial charge in [-0.1, -0.05) is 0 Å². The molecule has 0 fully saturated rings. The van der Waals surface area contributed by atoms with Crippen LogP contribution in [0.4, 0.5) is 0 Å². The third-order valence-corrected chi connectivity index (χ3v) is 25.2. The van der Waals surface area contributed by atoms with Gasteiger partial charge in [0, 0.05) is 0 Å². The quantitative estimate of drug-likeness (QED) is 0.173. The Labute approximate surface area is 217 Å². The zero-order valence-electron chi connectivity index (χ0n) is 22.8. The van der Waals surface area contributed by atoms with Crippen LogP contribution in [0.1, 0.15) is 107 Å². The van der Waals surface area contributed by atoms with Gasteiger partial charge in [0.05, 0.1) is 0 Å². The molecule has 200 valence electrons. The third-order valence-electron chi connectivity index (χ3n) is 4.96.